The molecule has 0 aliphatic heterocycles. The third-order valence-electron chi connectivity index (χ3n) is 2.26. The van der Waals surface area contributed by atoms with Gasteiger partial charge in [0.15, 0.2) is 0 Å². The summed E-state index contributed by atoms with van der Waals surface area (Å²) >= 11 is 0. The first-order valence-corrected chi connectivity index (χ1v) is 7.03. The molecule has 0 heteroatoms. The van der Waals surface area contributed by atoms with E-state index in [2.05, 4.69) is 52.0 Å². The highest BCUT2D eigenvalue weighted by Crippen LogP contribution is 2.19. The van der Waals surface area contributed by atoms with E-state index < -0.39 is 0 Å². The second kappa shape index (κ2) is 8.33. The van der Waals surface area contributed by atoms with Crippen LogP contribution in [0.3, 0.4) is 0 Å². The molecule has 0 saturated carbocycles. The second-order valence-corrected chi connectivity index (χ2v) is 5.98. The Labute approximate surface area is 108 Å². The van der Waals surface area contributed by atoms with Crippen molar-refractivity contribution in [2.45, 2.75) is 67.2 Å². The van der Waals surface area contributed by atoms with E-state index in [1.807, 2.05) is 13.8 Å². The molecule has 0 unspecified atom stereocenters. The molecule has 0 spiro atoms. The topological polar surface area (TPSA) is 0 Å². The maximum atomic E-state index is 2.26. The fourth-order valence-electron chi connectivity index (χ4n) is 1.68. The van der Waals surface area contributed by atoms with E-state index in [9.17, 15) is 0 Å². The van der Waals surface area contributed by atoms with Gasteiger partial charge in [-0.3, -0.25) is 0 Å². The molecule has 0 atom stereocenters. The summed E-state index contributed by atoms with van der Waals surface area (Å²) in [6.07, 6.45) is 5.38. The van der Waals surface area contributed by atoms with E-state index in [4.69, 9.17) is 0 Å². The van der Waals surface area contributed by atoms with Crippen LogP contribution in [0.1, 0.15) is 65.5 Å². The summed E-state index contributed by atoms with van der Waals surface area (Å²) in [7, 11) is 0. The molecule has 0 amide bonds. The normalized spacial score (nSPS) is 13.5. The molecule has 17 heavy (non-hydrogen) atoms. The molecule has 0 bridgehead atoms. The Hall–Kier alpha value is -0.780. The van der Waals surface area contributed by atoms with E-state index >= 15 is 0 Å². The van der Waals surface area contributed by atoms with Gasteiger partial charge in [0.1, 0.15) is 0 Å². The molecule has 98 valence electrons. The summed E-state index contributed by atoms with van der Waals surface area (Å²) in [5, 5.41) is 0. The van der Waals surface area contributed by atoms with Crippen molar-refractivity contribution in [3.8, 4) is 0 Å². The van der Waals surface area contributed by atoms with Crippen molar-refractivity contribution in [3.05, 3.63) is 35.4 Å². The minimum Gasteiger partial charge on any atom is -0.0683 e. The fraction of sp³-hybridized carbons (Fsp3) is 0.647. The number of aryl methyl sites for hydroxylation is 2. The number of fused-ring (bicyclic) bond motifs is 1. The lowest BCUT2D eigenvalue weighted by atomic mass is 9.92. The van der Waals surface area contributed by atoms with Crippen LogP contribution < -0.4 is 0 Å². The molecule has 0 aromatic heterocycles. The van der Waals surface area contributed by atoms with Gasteiger partial charge in [-0.25, -0.2) is 0 Å². The van der Waals surface area contributed by atoms with Crippen LogP contribution in [0.2, 0.25) is 0 Å². The van der Waals surface area contributed by atoms with Crippen molar-refractivity contribution < 1.29 is 0 Å². The predicted molar refractivity (Wildman–Crippen MR) is 79.6 cm³/mol. The van der Waals surface area contributed by atoms with Crippen LogP contribution in [-0.4, -0.2) is 0 Å². The number of benzene rings is 1. The zero-order valence-corrected chi connectivity index (χ0v) is 12.6. The Morgan fingerprint density at radius 1 is 0.765 bits per heavy atom. The monoisotopic (exact) mass is 234 g/mol. The van der Waals surface area contributed by atoms with Crippen LogP contribution >= 0.6 is 0 Å². The van der Waals surface area contributed by atoms with Crippen molar-refractivity contribution in [1.82, 2.24) is 0 Å². The fourth-order valence-corrected chi connectivity index (χ4v) is 1.68. The lowest BCUT2D eigenvalue weighted by molar-refractivity contribution is 0.469. The van der Waals surface area contributed by atoms with Gasteiger partial charge in [0, 0.05) is 0 Å². The Kier molecular flexibility index (Phi) is 7.95. The SMILES string of the molecule is CC.CC(C)(C)C.c1ccc2c(c1)CCCC2. The smallest absolute Gasteiger partial charge is 0.0276 e. The van der Waals surface area contributed by atoms with Crippen LogP contribution in [0.15, 0.2) is 24.3 Å². The second-order valence-electron chi connectivity index (χ2n) is 5.98. The third-order valence-corrected chi connectivity index (χ3v) is 2.26. The van der Waals surface area contributed by atoms with Crippen molar-refractivity contribution in [2.24, 2.45) is 5.41 Å². The van der Waals surface area contributed by atoms with E-state index in [-0.39, 0.29) is 0 Å². The third kappa shape index (κ3) is 8.97. The van der Waals surface area contributed by atoms with Crippen LogP contribution in [0, 0.1) is 5.41 Å². The van der Waals surface area contributed by atoms with Gasteiger partial charge in [0.05, 0.1) is 0 Å². The van der Waals surface area contributed by atoms with Gasteiger partial charge < -0.3 is 0 Å². The highest BCUT2D eigenvalue weighted by Gasteiger charge is 2.05. The highest BCUT2D eigenvalue weighted by atomic mass is 14.1. The first-order chi connectivity index (χ1) is 7.97. The number of rotatable bonds is 0. The van der Waals surface area contributed by atoms with E-state index in [0.29, 0.717) is 5.41 Å². The van der Waals surface area contributed by atoms with E-state index in [1.165, 1.54) is 25.7 Å². The summed E-state index contributed by atoms with van der Waals surface area (Å²) in [6.45, 7) is 12.8. The quantitative estimate of drug-likeness (QED) is 0.544. The molecule has 0 fully saturated rings. The average molecular weight is 234 g/mol. The van der Waals surface area contributed by atoms with Gasteiger partial charge in [-0.05, 0) is 42.2 Å². The van der Waals surface area contributed by atoms with Gasteiger partial charge in [0.2, 0.25) is 0 Å². The molecule has 0 N–H and O–H groups in total. The van der Waals surface area contributed by atoms with Crippen molar-refractivity contribution in [3.63, 3.8) is 0 Å². The Balaban J connectivity index is 0.000000315. The molecule has 0 saturated heterocycles. The standard InChI is InChI=1S/C10H12.C5H12.C2H6/c1-2-6-10-8-4-3-7-9(10)5-1;1-5(2,3)4;1-2/h1-2,5-6H,3-4,7-8H2;1-4H3;1-2H3. The molecular weight excluding hydrogens is 204 g/mol. The lowest BCUT2D eigenvalue weighted by Gasteiger charge is -2.13. The van der Waals surface area contributed by atoms with Crippen molar-refractivity contribution in [1.29, 1.82) is 0 Å². The zero-order chi connectivity index (χ0) is 13.3. The molecule has 1 aromatic carbocycles. The lowest BCUT2D eigenvalue weighted by Crippen LogP contribution is -2.00. The minimum atomic E-state index is 0.500. The largest absolute Gasteiger partial charge is 0.0683 e. The molecule has 2 rings (SSSR count). The van der Waals surface area contributed by atoms with Gasteiger partial charge in [-0.15, -0.1) is 0 Å². The summed E-state index contributed by atoms with van der Waals surface area (Å²) < 4.78 is 0. The molecule has 1 aliphatic rings. The van der Waals surface area contributed by atoms with Crippen LogP contribution in [-0.2, 0) is 12.8 Å². The van der Waals surface area contributed by atoms with Gasteiger partial charge in [-0.2, -0.15) is 0 Å². The predicted octanol–water partition coefficient (Wildman–Crippen LogP) is 5.64. The molecule has 0 nitrogen and oxygen atoms in total. The van der Waals surface area contributed by atoms with Crippen LogP contribution in [0.5, 0.6) is 0 Å². The zero-order valence-electron chi connectivity index (χ0n) is 12.6. The first kappa shape index (κ1) is 16.2. The highest BCUT2D eigenvalue weighted by molar-refractivity contribution is 5.28. The summed E-state index contributed by atoms with van der Waals surface area (Å²) in [4.78, 5) is 0. The Morgan fingerprint density at radius 3 is 1.35 bits per heavy atom. The maximum Gasteiger partial charge on any atom is -0.0276 e. The summed E-state index contributed by atoms with van der Waals surface area (Å²) in [5.41, 5.74) is 3.66. The van der Waals surface area contributed by atoms with Crippen molar-refractivity contribution in [2.75, 3.05) is 0 Å². The molecular formula is C17H30. The van der Waals surface area contributed by atoms with Crippen LogP contribution in [0.4, 0.5) is 0 Å². The van der Waals surface area contributed by atoms with Crippen LogP contribution in [0.25, 0.3) is 0 Å². The maximum absolute atomic E-state index is 2.26. The molecule has 0 heterocycles. The van der Waals surface area contributed by atoms with Gasteiger partial charge in [0.25, 0.3) is 0 Å². The summed E-state index contributed by atoms with van der Waals surface area (Å²) in [6, 6.07) is 8.80. The Bertz CT molecular complexity index is 260. The number of hydrogen-bond donors (Lipinski definition) is 0. The molecule has 0 radical (unpaired) electrons. The molecule has 1 aromatic rings. The number of hydrogen-bond acceptors (Lipinski definition) is 0. The molecule has 1 aliphatic carbocycles. The summed E-state index contributed by atoms with van der Waals surface area (Å²) in [5.74, 6) is 0. The van der Waals surface area contributed by atoms with Gasteiger partial charge >= 0.3 is 0 Å². The van der Waals surface area contributed by atoms with Gasteiger partial charge in [-0.1, -0.05) is 65.8 Å². The minimum absolute atomic E-state index is 0.500. The Morgan fingerprint density at radius 2 is 1.06 bits per heavy atom. The van der Waals surface area contributed by atoms with E-state index in [0.717, 1.165) is 0 Å². The van der Waals surface area contributed by atoms with E-state index in [1.54, 1.807) is 11.1 Å². The van der Waals surface area contributed by atoms with Crippen molar-refractivity contribution >= 4 is 0 Å². The first-order valence-electron chi connectivity index (χ1n) is 7.03. The average Bonchev–Trinajstić information content (AvgIpc) is 2.30.